The van der Waals surface area contributed by atoms with Crippen molar-refractivity contribution in [3.8, 4) is 11.5 Å². The summed E-state index contributed by atoms with van der Waals surface area (Å²) in [5.41, 5.74) is 0.630. The molecule has 43 heavy (non-hydrogen) atoms. The molecule has 1 saturated heterocycles. The van der Waals surface area contributed by atoms with Crippen LogP contribution in [0.25, 0.3) is 0 Å². The minimum Gasteiger partial charge on any atom is -0.497 e. The monoisotopic (exact) mass is 623 g/mol. The van der Waals surface area contributed by atoms with E-state index < -0.39 is 42.5 Å². The molecule has 1 N–H and O–H groups in total. The first-order chi connectivity index (χ1) is 20.7. The molecule has 0 aliphatic carbocycles. The van der Waals surface area contributed by atoms with Crippen molar-refractivity contribution in [3.05, 3.63) is 128 Å². The number of hydrogen-bond donors (Lipinski definition) is 2. The van der Waals surface area contributed by atoms with Gasteiger partial charge in [-0.1, -0.05) is 54.6 Å². The van der Waals surface area contributed by atoms with Crippen LogP contribution in [0.15, 0.2) is 94.6 Å². The Balaban J connectivity index is 1.58. The average Bonchev–Trinajstić information content (AvgIpc) is 3.41. The van der Waals surface area contributed by atoms with Gasteiger partial charge in [-0.15, -0.1) is 4.52 Å². The van der Waals surface area contributed by atoms with Gasteiger partial charge < -0.3 is 18.9 Å². The van der Waals surface area contributed by atoms with Gasteiger partial charge in [0.25, 0.3) is 5.56 Å². The maximum absolute atomic E-state index is 12.7. The molecule has 12 heteroatoms. The Hall–Kier alpha value is -3.73. The quantitative estimate of drug-likeness (QED) is 0.134. The number of hydrogen-bond acceptors (Lipinski definition) is 8. The van der Waals surface area contributed by atoms with Crippen LogP contribution in [-0.4, -0.2) is 42.6 Å². The van der Waals surface area contributed by atoms with Crippen LogP contribution in [-0.2, 0) is 24.2 Å². The van der Waals surface area contributed by atoms with Crippen LogP contribution in [0.5, 0.6) is 11.5 Å². The Morgan fingerprint density at radius 1 is 0.930 bits per heavy atom. The number of nitrogens with one attached hydrogen (secondary N) is 1. The molecule has 0 amide bonds. The zero-order chi connectivity index (χ0) is 30.6. The van der Waals surface area contributed by atoms with E-state index in [1.807, 2.05) is 78.9 Å². The highest BCUT2D eigenvalue weighted by Crippen LogP contribution is 2.44. The lowest BCUT2D eigenvalue weighted by Gasteiger charge is -2.37. The Labute approximate surface area is 254 Å². The number of H-pyrrole nitrogens is 1. The van der Waals surface area contributed by atoms with Gasteiger partial charge in [0.1, 0.15) is 47.8 Å². The SMILES string of the molecule is COc1ccc(C(OC[C@H]2O[C@@H](n3cc(C)c(=O)[nH]c3=O)C[C@@H]2O[P+](=O)S)(c2ccccc2)c2ccc(OC)cc2)cc1. The molecule has 1 aliphatic heterocycles. The van der Waals surface area contributed by atoms with Crippen LogP contribution < -0.4 is 20.7 Å². The zero-order valence-corrected chi connectivity index (χ0v) is 25.6. The second kappa shape index (κ2) is 13.3. The topological polar surface area (TPSA) is 118 Å². The third kappa shape index (κ3) is 6.46. The lowest BCUT2D eigenvalue weighted by molar-refractivity contribution is -0.0908. The molecule has 1 aliphatic rings. The lowest BCUT2D eigenvalue weighted by Crippen LogP contribution is -2.38. The smallest absolute Gasteiger partial charge is 0.497 e. The molecule has 4 atom stereocenters. The molecule has 2 heterocycles. The first kappa shape index (κ1) is 30.7. The summed E-state index contributed by atoms with van der Waals surface area (Å²) < 4.78 is 43.1. The highest BCUT2D eigenvalue weighted by atomic mass is 32.7. The minimum atomic E-state index is -2.29. The third-order valence-electron chi connectivity index (χ3n) is 7.50. The molecule has 224 valence electrons. The summed E-state index contributed by atoms with van der Waals surface area (Å²) in [5.74, 6) is 1.38. The fourth-order valence-corrected chi connectivity index (χ4v) is 6.15. The molecule has 3 aromatic carbocycles. The van der Waals surface area contributed by atoms with Crippen LogP contribution in [0.4, 0.5) is 0 Å². The molecule has 0 radical (unpaired) electrons. The van der Waals surface area contributed by atoms with Crippen LogP contribution in [0, 0.1) is 6.92 Å². The van der Waals surface area contributed by atoms with Gasteiger partial charge in [0.05, 0.1) is 20.8 Å². The predicted octanol–water partition coefficient (Wildman–Crippen LogP) is 5.13. The highest BCUT2D eigenvalue weighted by Gasteiger charge is 2.45. The minimum absolute atomic E-state index is 0.0117. The van der Waals surface area contributed by atoms with Crippen molar-refractivity contribution in [2.75, 3.05) is 20.8 Å². The second-order valence-corrected chi connectivity index (χ2v) is 11.7. The van der Waals surface area contributed by atoms with E-state index in [2.05, 4.69) is 17.2 Å². The number of aryl methyl sites for hydroxylation is 1. The standard InChI is InChI=1S/C31H31N2O8PS/c1-20-18-33(30(35)32-29(20)34)28-17-26(41-42(36)43)27(40-28)19-39-31(21-7-5-4-6-8-21,22-9-13-24(37-2)14-10-22)23-11-15-25(38-3)16-12-23/h4-16,18,26-28H,17,19H2,1-3H3,(H-,32,34,35,36,43)/p+1/t26-,27+,28+/m0/s1. The van der Waals surface area contributed by atoms with Gasteiger partial charge in [-0.25, -0.2) is 4.79 Å². The van der Waals surface area contributed by atoms with Crippen molar-refractivity contribution >= 4 is 19.5 Å². The Morgan fingerprint density at radius 2 is 1.49 bits per heavy atom. The number of aromatic amines is 1. The fourth-order valence-electron chi connectivity index (χ4n) is 5.33. The summed E-state index contributed by atoms with van der Waals surface area (Å²) in [6, 6.07) is 25.0. The molecule has 10 nitrogen and oxygen atoms in total. The number of benzene rings is 3. The molecule has 5 rings (SSSR count). The van der Waals surface area contributed by atoms with Crippen molar-refractivity contribution in [3.63, 3.8) is 0 Å². The van der Waals surface area contributed by atoms with E-state index >= 15 is 0 Å². The second-order valence-electron chi connectivity index (χ2n) is 10.0. The van der Waals surface area contributed by atoms with Gasteiger partial charge in [-0.2, -0.15) is 0 Å². The Kier molecular flexibility index (Phi) is 9.49. The van der Waals surface area contributed by atoms with Gasteiger partial charge >= 0.3 is 12.9 Å². The molecule has 1 fully saturated rings. The summed E-state index contributed by atoms with van der Waals surface area (Å²) in [4.78, 5) is 26.9. The molecule has 0 saturated carbocycles. The first-order valence-corrected chi connectivity index (χ1v) is 15.9. The number of methoxy groups -OCH3 is 2. The molecular formula is C31H32N2O8PS+. The van der Waals surface area contributed by atoms with Crippen molar-refractivity contribution in [2.45, 2.75) is 37.4 Å². The Morgan fingerprint density at radius 3 is 2.02 bits per heavy atom. The highest BCUT2D eigenvalue weighted by molar-refractivity contribution is 8.39. The molecule has 1 aromatic heterocycles. The Bertz CT molecular complexity index is 1630. The summed E-state index contributed by atoms with van der Waals surface area (Å²) in [6.07, 6.45) is -0.626. The third-order valence-corrected chi connectivity index (χ3v) is 8.23. The normalized spacial score (nSPS) is 18.8. The fraction of sp³-hybridized carbons (Fsp3) is 0.290. The molecule has 4 aromatic rings. The van der Waals surface area contributed by atoms with Gasteiger partial charge in [0, 0.05) is 18.2 Å². The number of aromatic nitrogens is 2. The van der Waals surface area contributed by atoms with Crippen LogP contribution >= 0.6 is 19.5 Å². The summed E-state index contributed by atoms with van der Waals surface area (Å²) in [5, 5.41) is 0. The van der Waals surface area contributed by atoms with E-state index in [0.717, 1.165) is 16.7 Å². The van der Waals surface area contributed by atoms with Crippen LogP contribution in [0.3, 0.4) is 0 Å². The van der Waals surface area contributed by atoms with Gasteiger partial charge in [0.2, 0.25) is 0 Å². The number of nitrogens with zero attached hydrogens (tertiary/aromatic N) is 1. The van der Waals surface area contributed by atoms with Gasteiger partial charge in [-0.05, 0) is 52.4 Å². The molecule has 1 unspecified atom stereocenters. The number of rotatable bonds is 11. The number of thiol groups is 1. The maximum Gasteiger partial charge on any atom is 0.582 e. The van der Waals surface area contributed by atoms with Crippen molar-refractivity contribution in [2.24, 2.45) is 0 Å². The largest absolute Gasteiger partial charge is 0.582 e. The van der Waals surface area contributed by atoms with Gasteiger partial charge in [0.15, 0.2) is 0 Å². The van der Waals surface area contributed by atoms with Crippen molar-refractivity contribution in [1.82, 2.24) is 9.55 Å². The lowest BCUT2D eigenvalue weighted by atomic mass is 9.80. The predicted molar refractivity (Wildman–Crippen MR) is 164 cm³/mol. The summed E-state index contributed by atoms with van der Waals surface area (Å²) in [6.45, 7) is 1.59. The first-order valence-electron chi connectivity index (χ1n) is 13.5. The van der Waals surface area contributed by atoms with E-state index in [1.165, 1.54) is 10.8 Å². The van der Waals surface area contributed by atoms with Crippen LogP contribution in [0.1, 0.15) is 34.9 Å². The zero-order valence-electron chi connectivity index (χ0n) is 23.8. The van der Waals surface area contributed by atoms with Crippen LogP contribution in [0.2, 0.25) is 0 Å². The average molecular weight is 624 g/mol. The molecule has 0 bridgehead atoms. The summed E-state index contributed by atoms with van der Waals surface area (Å²) >= 11 is 3.97. The summed E-state index contributed by atoms with van der Waals surface area (Å²) in [7, 11) is 0.921. The van der Waals surface area contributed by atoms with Crippen molar-refractivity contribution in [1.29, 1.82) is 0 Å². The van der Waals surface area contributed by atoms with E-state index in [-0.39, 0.29) is 13.0 Å². The van der Waals surface area contributed by atoms with E-state index in [9.17, 15) is 14.2 Å². The van der Waals surface area contributed by atoms with Gasteiger partial charge in [-0.3, -0.25) is 14.3 Å². The van der Waals surface area contributed by atoms with E-state index in [0.29, 0.717) is 17.1 Å². The molecular weight excluding hydrogens is 591 g/mol. The van der Waals surface area contributed by atoms with E-state index in [1.54, 1.807) is 21.1 Å². The van der Waals surface area contributed by atoms with Crippen molar-refractivity contribution < 1.29 is 28.0 Å². The van der Waals surface area contributed by atoms with E-state index in [4.69, 9.17) is 23.5 Å². The number of ether oxygens (including phenoxy) is 4. The molecule has 0 spiro atoms. The maximum atomic E-state index is 12.7.